The summed E-state index contributed by atoms with van der Waals surface area (Å²) in [4.78, 5) is 38.2. The molecular formula is C45H87NO6. The Kier molecular flexibility index (Phi) is 39.3. The van der Waals surface area contributed by atoms with Crippen molar-refractivity contribution in [2.75, 3.05) is 26.2 Å². The highest BCUT2D eigenvalue weighted by molar-refractivity contribution is 5.69. The maximum Gasteiger partial charge on any atom is 0.306 e. The Labute approximate surface area is 322 Å². The second kappa shape index (κ2) is 40.6. The molecular weight excluding hydrogens is 650 g/mol. The summed E-state index contributed by atoms with van der Waals surface area (Å²) < 4.78 is 11.4. The summed E-state index contributed by atoms with van der Waals surface area (Å²) in [6, 6.07) is 0. The zero-order valence-electron chi connectivity index (χ0n) is 34.9. The quantitative estimate of drug-likeness (QED) is 0.0492. The van der Waals surface area contributed by atoms with E-state index in [0.717, 1.165) is 103 Å². The Balaban J connectivity index is 4.11. The van der Waals surface area contributed by atoms with Crippen LogP contribution in [0.3, 0.4) is 0 Å². The van der Waals surface area contributed by atoms with Crippen molar-refractivity contribution in [3.63, 3.8) is 0 Å². The van der Waals surface area contributed by atoms with Crippen molar-refractivity contribution >= 4 is 17.9 Å². The number of hydrogen-bond acceptors (Lipinski definition) is 6. The lowest BCUT2D eigenvalue weighted by molar-refractivity contribution is -0.150. The van der Waals surface area contributed by atoms with Crippen molar-refractivity contribution in [1.82, 2.24) is 4.90 Å². The largest absolute Gasteiger partial charge is 0.481 e. The Morgan fingerprint density at radius 1 is 0.442 bits per heavy atom. The molecule has 0 saturated heterocycles. The third kappa shape index (κ3) is 38.1. The zero-order valence-corrected chi connectivity index (χ0v) is 34.9. The first-order chi connectivity index (χ1) is 25.4. The fraction of sp³-hybridized carbons (Fsp3) is 0.933. The summed E-state index contributed by atoms with van der Waals surface area (Å²) in [7, 11) is 0. The number of carbonyl (C=O) groups is 3. The molecule has 308 valence electrons. The first-order valence-electron chi connectivity index (χ1n) is 22.7. The molecule has 52 heavy (non-hydrogen) atoms. The van der Waals surface area contributed by atoms with Gasteiger partial charge in [-0.15, -0.1) is 0 Å². The van der Waals surface area contributed by atoms with Gasteiger partial charge in [-0.1, -0.05) is 162 Å². The molecule has 7 heteroatoms. The molecule has 0 unspecified atom stereocenters. The molecule has 1 N–H and O–H groups in total. The van der Waals surface area contributed by atoms with Gasteiger partial charge in [0.25, 0.3) is 0 Å². The van der Waals surface area contributed by atoms with Crippen LogP contribution in [-0.2, 0) is 23.9 Å². The number of carboxylic acids is 1. The predicted molar refractivity (Wildman–Crippen MR) is 219 cm³/mol. The minimum atomic E-state index is -0.739. The molecule has 0 aliphatic rings. The van der Waals surface area contributed by atoms with Crippen LogP contribution < -0.4 is 0 Å². The number of nitrogens with zero attached hydrogens (tertiary/aromatic N) is 1. The SMILES string of the molecule is CCCCCCCCCOC(=O)CCCCCCCN(CCCCCCCC(=O)OC(CCCCCCCC)CCCCCCCC)CCC(=O)O. The molecule has 0 heterocycles. The number of rotatable bonds is 42. The lowest BCUT2D eigenvalue weighted by atomic mass is 10.0. The zero-order chi connectivity index (χ0) is 38.2. The summed E-state index contributed by atoms with van der Waals surface area (Å²) in [6.07, 6.45) is 37.5. The summed E-state index contributed by atoms with van der Waals surface area (Å²) in [5, 5.41) is 9.23. The minimum absolute atomic E-state index is 0.0134. The monoisotopic (exact) mass is 738 g/mol. The van der Waals surface area contributed by atoms with Crippen LogP contribution in [0, 0.1) is 0 Å². The molecule has 0 aromatic carbocycles. The molecule has 0 aromatic rings. The van der Waals surface area contributed by atoms with Gasteiger partial charge >= 0.3 is 17.9 Å². The standard InChI is InChI=1S/C45H87NO6/c1-4-7-10-13-16-25-32-41-51-44(49)35-28-21-17-23-30-38-46(40-37-43(47)48)39-31-24-18-22-29-36-45(50)52-42(33-26-19-14-11-8-5-2)34-27-20-15-12-9-6-3/h42H,4-41H2,1-3H3,(H,47,48). The molecule has 0 fully saturated rings. The van der Waals surface area contributed by atoms with Gasteiger partial charge in [0, 0.05) is 19.4 Å². The van der Waals surface area contributed by atoms with Crippen molar-refractivity contribution in [3.05, 3.63) is 0 Å². The van der Waals surface area contributed by atoms with Gasteiger partial charge in [-0.25, -0.2) is 0 Å². The van der Waals surface area contributed by atoms with Crippen LogP contribution in [0.25, 0.3) is 0 Å². The van der Waals surface area contributed by atoms with Gasteiger partial charge in [0.1, 0.15) is 6.10 Å². The van der Waals surface area contributed by atoms with E-state index in [1.807, 2.05) is 0 Å². The van der Waals surface area contributed by atoms with E-state index < -0.39 is 5.97 Å². The van der Waals surface area contributed by atoms with Crippen LogP contribution in [0.5, 0.6) is 0 Å². The minimum Gasteiger partial charge on any atom is -0.481 e. The van der Waals surface area contributed by atoms with E-state index >= 15 is 0 Å². The molecule has 0 aromatic heterocycles. The van der Waals surface area contributed by atoms with E-state index in [1.54, 1.807) is 0 Å². The Bertz CT molecular complexity index is 774. The highest BCUT2D eigenvalue weighted by Gasteiger charge is 2.14. The van der Waals surface area contributed by atoms with Crippen molar-refractivity contribution < 1.29 is 29.0 Å². The van der Waals surface area contributed by atoms with Gasteiger partial charge in [-0.3, -0.25) is 14.4 Å². The van der Waals surface area contributed by atoms with E-state index in [9.17, 15) is 19.5 Å². The topological polar surface area (TPSA) is 93.1 Å². The Morgan fingerprint density at radius 3 is 1.29 bits per heavy atom. The molecule has 0 radical (unpaired) electrons. The van der Waals surface area contributed by atoms with Gasteiger partial charge in [-0.2, -0.15) is 0 Å². The van der Waals surface area contributed by atoms with E-state index in [4.69, 9.17) is 9.47 Å². The number of aliphatic carboxylic acids is 1. The molecule has 7 nitrogen and oxygen atoms in total. The molecule has 0 saturated carbocycles. The van der Waals surface area contributed by atoms with E-state index in [-0.39, 0.29) is 24.5 Å². The van der Waals surface area contributed by atoms with E-state index in [2.05, 4.69) is 25.7 Å². The van der Waals surface area contributed by atoms with Gasteiger partial charge in [0.2, 0.25) is 0 Å². The van der Waals surface area contributed by atoms with Crippen molar-refractivity contribution in [3.8, 4) is 0 Å². The Morgan fingerprint density at radius 2 is 0.827 bits per heavy atom. The molecule has 0 bridgehead atoms. The average Bonchev–Trinajstić information content (AvgIpc) is 3.13. The van der Waals surface area contributed by atoms with Crippen molar-refractivity contribution in [1.29, 1.82) is 0 Å². The molecule has 0 atom stereocenters. The van der Waals surface area contributed by atoms with Crippen LogP contribution >= 0.6 is 0 Å². The van der Waals surface area contributed by atoms with Crippen LogP contribution in [0.2, 0.25) is 0 Å². The number of hydrogen-bond donors (Lipinski definition) is 1. The first kappa shape index (κ1) is 50.4. The summed E-state index contributed by atoms with van der Waals surface area (Å²) >= 11 is 0. The van der Waals surface area contributed by atoms with Crippen LogP contribution in [0.4, 0.5) is 0 Å². The fourth-order valence-corrected chi connectivity index (χ4v) is 6.99. The van der Waals surface area contributed by atoms with Crippen molar-refractivity contribution in [2.24, 2.45) is 0 Å². The highest BCUT2D eigenvalue weighted by atomic mass is 16.5. The summed E-state index contributed by atoms with van der Waals surface area (Å²) in [5.41, 5.74) is 0. The third-order valence-electron chi connectivity index (χ3n) is 10.4. The second-order valence-corrected chi connectivity index (χ2v) is 15.6. The van der Waals surface area contributed by atoms with E-state index in [0.29, 0.717) is 26.0 Å². The molecule has 0 amide bonds. The first-order valence-corrected chi connectivity index (χ1v) is 22.7. The van der Waals surface area contributed by atoms with E-state index in [1.165, 1.54) is 109 Å². The summed E-state index contributed by atoms with van der Waals surface area (Å²) in [5.74, 6) is -0.811. The lowest BCUT2D eigenvalue weighted by Crippen LogP contribution is -2.28. The smallest absolute Gasteiger partial charge is 0.306 e. The van der Waals surface area contributed by atoms with Crippen LogP contribution in [-0.4, -0.2) is 60.3 Å². The maximum atomic E-state index is 12.7. The van der Waals surface area contributed by atoms with Crippen LogP contribution in [0.15, 0.2) is 0 Å². The lowest BCUT2D eigenvalue weighted by Gasteiger charge is -2.21. The number of ether oxygens (including phenoxy) is 2. The molecule has 0 rings (SSSR count). The Hall–Kier alpha value is -1.63. The normalized spacial score (nSPS) is 11.5. The average molecular weight is 738 g/mol. The molecule has 0 spiro atoms. The number of carboxylic acid groups (broad SMARTS) is 1. The maximum absolute atomic E-state index is 12.7. The van der Waals surface area contributed by atoms with Gasteiger partial charge < -0.3 is 19.5 Å². The molecule has 0 aliphatic carbocycles. The van der Waals surface area contributed by atoms with Gasteiger partial charge in [0.15, 0.2) is 0 Å². The number of esters is 2. The number of carbonyl (C=O) groups excluding carboxylic acids is 2. The number of unbranched alkanes of at least 4 members (excludes halogenated alkanes) is 24. The second-order valence-electron chi connectivity index (χ2n) is 15.6. The van der Waals surface area contributed by atoms with Gasteiger partial charge in [0.05, 0.1) is 13.0 Å². The van der Waals surface area contributed by atoms with Gasteiger partial charge in [-0.05, 0) is 70.9 Å². The summed E-state index contributed by atoms with van der Waals surface area (Å²) in [6.45, 7) is 9.76. The van der Waals surface area contributed by atoms with Crippen molar-refractivity contribution in [2.45, 2.75) is 245 Å². The van der Waals surface area contributed by atoms with Crippen LogP contribution in [0.1, 0.15) is 239 Å². The predicted octanol–water partition coefficient (Wildman–Crippen LogP) is 13.2. The fourth-order valence-electron chi connectivity index (χ4n) is 6.99. The third-order valence-corrected chi connectivity index (χ3v) is 10.4. The highest BCUT2D eigenvalue weighted by Crippen LogP contribution is 2.18. The molecule has 0 aliphatic heterocycles.